The van der Waals surface area contributed by atoms with Crippen molar-refractivity contribution in [1.82, 2.24) is 4.90 Å². The van der Waals surface area contributed by atoms with Gasteiger partial charge in [-0.3, -0.25) is 0 Å². The van der Waals surface area contributed by atoms with E-state index >= 15 is 0 Å². The molecule has 0 bridgehead atoms. The van der Waals surface area contributed by atoms with Crippen molar-refractivity contribution in [2.24, 2.45) is 0 Å². The Balaban J connectivity index is 2.14. The quantitative estimate of drug-likeness (QED) is 0.797. The molecule has 0 saturated carbocycles. The fraction of sp³-hybridized carbons (Fsp3) is 0.571. The zero-order valence-corrected chi connectivity index (χ0v) is 11.0. The van der Waals surface area contributed by atoms with Crippen LogP contribution in [0.1, 0.15) is 13.8 Å². The molecule has 94 valence electrons. The van der Waals surface area contributed by atoms with E-state index in [1.165, 1.54) is 5.69 Å². The standard InChI is InChI=1S/C14H22N2O/c1-12(2)17-14-7-5-4-6-13(14)16-10-8-15(3)9-11-16/h4-7,12H,8-11H2,1-3H3. The maximum atomic E-state index is 5.87. The van der Waals surface area contributed by atoms with E-state index in [1.54, 1.807) is 0 Å². The van der Waals surface area contributed by atoms with Crippen molar-refractivity contribution >= 4 is 5.69 Å². The highest BCUT2D eigenvalue weighted by molar-refractivity contribution is 5.58. The Hall–Kier alpha value is -1.22. The van der Waals surface area contributed by atoms with Gasteiger partial charge in [0.15, 0.2) is 0 Å². The van der Waals surface area contributed by atoms with Gasteiger partial charge >= 0.3 is 0 Å². The summed E-state index contributed by atoms with van der Waals surface area (Å²) in [5.41, 5.74) is 1.23. The topological polar surface area (TPSA) is 15.7 Å². The fourth-order valence-corrected chi connectivity index (χ4v) is 2.12. The number of hydrogen-bond acceptors (Lipinski definition) is 3. The SMILES string of the molecule is CC(C)Oc1ccccc1N1CCN(C)CC1. The molecular formula is C14H22N2O. The number of anilines is 1. The van der Waals surface area contributed by atoms with Crippen LogP contribution in [-0.4, -0.2) is 44.2 Å². The predicted molar refractivity (Wildman–Crippen MR) is 71.9 cm³/mol. The van der Waals surface area contributed by atoms with Crippen LogP contribution >= 0.6 is 0 Å². The number of para-hydroxylation sites is 2. The highest BCUT2D eigenvalue weighted by Gasteiger charge is 2.17. The molecule has 3 nitrogen and oxygen atoms in total. The van der Waals surface area contributed by atoms with Crippen LogP contribution in [0.15, 0.2) is 24.3 Å². The van der Waals surface area contributed by atoms with Crippen LogP contribution in [-0.2, 0) is 0 Å². The molecule has 1 saturated heterocycles. The Bertz CT molecular complexity index is 357. The third-order valence-corrected chi connectivity index (χ3v) is 3.07. The van der Waals surface area contributed by atoms with Gasteiger partial charge in [-0.25, -0.2) is 0 Å². The van der Waals surface area contributed by atoms with Gasteiger partial charge in [0.05, 0.1) is 11.8 Å². The Morgan fingerprint density at radius 1 is 1.06 bits per heavy atom. The van der Waals surface area contributed by atoms with Gasteiger partial charge in [-0.15, -0.1) is 0 Å². The minimum Gasteiger partial charge on any atom is -0.489 e. The van der Waals surface area contributed by atoms with E-state index in [1.807, 2.05) is 6.07 Å². The molecule has 1 aliphatic rings. The zero-order valence-electron chi connectivity index (χ0n) is 11.0. The van der Waals surface area contributed by atoms with E-state index in [0.717, 1.165) is 31.9 Å². The van der Waals surface area contributed by atoms with E-state index in [9.17, 15) is 0 Å². The highest BCUT2D eigenvalue weighted by Crippen LogP contribution is 2.29. The first-order valence-corrected chi connectivity index (χ1v) is 6.36. The summed E-state index contributed by atoms with van der Waals surface area (Å²) < 4.78 is 5.87. The monoisotopic (exact) mass is 234 g/mol. The number of likely N-dealkylation sites (N-methyl/N-ethyl adjacent to an activating group) is 1. The maximum Gasteiger partial charge on any atom is 0.142 e. The molecule has 1 heterocycles. The van der Waals surface area contributed by atoms with Gasteiger partial charge in [0.25, 0.3) is 0 Å². The first-order chi connectivity index (χ1) is 8.16. The minimum absolute atomic E-state index is 0.226. The molecule has 0 atom stereocenters. The number of benzene rings is 1. The largest absolute Gasteiger partial charge is 0.489 e. The van der Waals surface area contributed by atoms with Crippen molar-refractivity contribution in [3.63, 3.8) is 0 Å². The summed E-state index contributed by atoms with van der Waals surface area (Å²) in [7, 11) is 2.17. The number of piperazine rings is 1. The zero-order chi connectivity index (χ0) is 12.3. The summed E-state index contributed by atoms with van der Waals surface area (Å²) in [6, 6.07) is 8.34. The summed E-state index contributed by atoms with van der Waals surface area (Å²) in [4.78, 5) is 4.78. The van der Waals surface area contributed by atoms with Gasteiger partial charge in [0.2, 0.25) is 0 Å². The Kier molecular flexibility index (Phi) is 3.89. The molecule has 0 unspecified atom stereocenters. The van der Waals surface area contributed by atoms with Crippen LogP contribution < -0.4 is 9.64 Å². The highest BCUT2D eigenvalue weighted by atomic mass is 16.5. The number of ether oxygens (including phenoxy) is 1. The molecule has 0 aliphatic carbocycles. The lowest BCUT2D eigenvalue weighted by atomic mass is 10.2. The second-order valence-electron chi connectivity index (χ2n) is 4.92. The molecule has 0 aromatic heterocycles. The molecule has 1 aliphatic heterocycles. The number of hydrogen-bond donors (Lipinski definition) is 0. The van der Waals surface area contributed by atoms with Crippen molar-refractivity contribution in [2.45, 2.75) is 20.0 Å². The molecular weight excluding hydrogens is 212 g/mol. The Morgan fingerprint density at radius 2 is 1.71 bits per heavy atom. The van der Waals surface area contributed by atoms with E-state index in [0.29, 0.717) is 0 Å². The molecule has 0 spiro atoms. The van der Waals surface area contributed by atoms with E-state index in [4.69, 9.17) is 4.74 Å². The Morgan fingerprint density at radius 3 is 2.35 bits per heavy atom. The van der Waals surface area contributed by atoms with Crippen LogP contribution in [0.3, 0.4) is 0 Å². The van der Waals surface area contributed by atoms with Crippen molar-refractivity contribution in [3.05, 3.63) is 24.3 Å². The molecule has 0 N–H and O–H groups in total. The van der Waals surface area contributed by atoms with Crippen molar-refractivity contribution in [2.75, 3.05) is 38.1 Å². The van der Waals surface area contributed by atoms with Gasteiger partial charge in [-0.1, -0.05) is 12.1 Å². The molecule has 2 rings (SSSR count). The molecule has 0 radical (unpaired) electrons. The minimum atomic E-state index is 0.226. The van der Waals surface area contributed by atoms with E-state index in [2.05, 4.69) is 48.9 Å². The fourth-order valence-electron chi connectivity index (χ4n) is 2.12. The van der Waals surface area contributed by atoms with Crippen LogP contribution in [0.25, 0.3) is 0 Å². The maximum absolute atomic E-state index is 5.87. The average molecular weight is 234 g/mol. The molecule has 1 fully saturated rings. The summed E-state index contributed by atoms with van der Waals surface area (Å²) in [5, 5.41) is 0. The second-order valence-corrected chi connectivity index (χ2v) is 4.92. The lowest BCUT2D eigenvalue weighted by Gasteiger charge is -2.35. The smallest absolute Gasteiger partial charge is 0.142 e. The van der Waals surface area contributed by atoms with Crippen LogP contribution in [0.2, 0.25) is 0 Å². The molecule has 0 amide bonds. The third kappa shape index (κ3) is 3.13. The van der Waals surface area contributed by atoms with Gasteiger partial charge in [-0.05, 0) is 33.0 Å². The first-order valence-electron chi connectivity index (χ1n) is 6.36. The van der Waals surface area contributed by atoms with Crippen molar-refractivity contribution < 1.29 is 4.74 Å². The van der Waals surface area contributed by atoms with Crippen molar-refractivity contribution in [3.8, 4) is 5.75 Å². The molecule has 17 heavy (non-hydrogen) atoms. The summed E-state index contributed by atoms with van der Waals surface area (Å²) in [5.74, 6) is 1.01. The van der Waals surface area contributed by atoms with Crippen molar-refractivity contribution in [1.29, 1.82) is 0 Å². The average Bonchev–Trinajstić information content (AvgIpc) is 2.30. The number of rotatable bonds is 3. The van der Waals surface area contributed by atoms with Crippen LogP contribution in [0.4, 0.5) is 5.69 Å². The van der Waals surface area contributed by atoms with Crippen LogP contribution in [0, 0.1) is 0 Å². The summed E-state index contributed by atoms with van der Waals surface area (Å²) in [6.45, 7) is 8.54. The molecule has 1 aromatic carbocycles. The van der Waals surface area contributed by atoms with Gasteiger partial charge in [-0.2, -0.15) is 0 Å². The van der Waals surface area contributed by atoms with Gasteiger partial charge < -0.3 is 14.5 Å². The first kappa shape index (κ1) is 12.2. The number of nitrogens with zero attached hydrogens (tertiary/aromatic N) is 2. The molecule has 1 aromatic rings. The van der Waals surface area contributed by atoms with Crippen LogP contribution in [0.5, 0.6) is 5.75 Å². The summed E-state index contributed by atoms with van der Waals surface area (Å²) in [6.07, 6.45) is 0.226. The van der Waals surface area contributed by atoms with E-state index < -0.39 is 0 Å². The second kappa shape index (κ2) is 5.41. The van der Waals surface area contributed by atoms with Gasteiger partial charge in [0.1, 0.15) is 5.75 Å². The van der Waals surface area contributed by atoms with Gasteiger partial charge in [0, 0.05) is 26.2 Å². The Labute approximate surface area is 104 Å². The summed E-state index contributed by atoms with van der Waals surface area (Å²) >= 11 is 0. The third-order valence-electron chi connectivity index (χ3n) is 3.07. The predicted octanol–water partition coefficient (Wildman–Crippen LogP) is 2.23. The molecule has 3 heteroatoms. The normalized spacial score (nSPS) is 17.5. The lowest BCUT2D eigenvalue weighted by molar-refractivity contribution is 0.241. The van der Waals surface area contributed by atoms with E-state index in [-0.39, 0.29) is 6.10 Å². The lowest BCUT2D eigenvalue weighted by Crippen LogP contribution is -2.44.